The van der Waals surface area contributed by atoms with E-state index in [0.717, 1.165) is 22.4 Å². The molecule has 5 aromatic rings. The van der Waals surface area contributed by atoms with Crippen LogP contribution in [-0.2, 0) is 11.4 Å². The van der Waals surface area contributed by atoms with E-state index in [1.807, 2.05) is 79.7 Å². The molecule has 1 atom stereocenters. The van der Waals surface area contributed by atoms with Crippen molar-refractivity contribution >= 4 is 17.5 Å². The SMILES string of the molecule is COc1ccc(-c2nc3n(n2)C(c2ccc(OCc4ccccc4)c(OC)c2)C(C(=O)Nc2cccnc2)=C(C)N3)cc1. The second-order valence-corrected chi connectivity index (χ2v) is 9.88. The summed E-state index contributed by atoms with van der Waals surface area (Å²) in [6.45, 7) is 2.24. The van der Waals surface area contributed by atoms with Crippen LogP contribution < -0.4 is 24.8 Å². The Hall–Kier alpha value is -5.64. The van der Waals surface area contributed by atoms with Crippen LogP contribution >= 0.6 is 0 Å². The van der Waals surface area contributed by atoms with Crippen LogP contribution in [0.3, 0.4) is 0 Å². The third kappa shape index (κ3) is 5.76. The number of pyridine rings is 1. The monoisotopic (exact) mass is 574 g/mol. The first kappa shape index (κ1) is 27.5. The fraction of sp³-hybridized carbons (Fsp3) is 0.152. The van der Waals surface area contributed by atoms with Crippen LogP contribution in [0, 0.1) is 0 Å². The number of methoxy groups -OCH3 is 2. The number of nitrogens with zero attached hydrogens (tertiary/aromatic N) is 4. The van der Waals surface area contributed by atoms with Gasteiger partial charge in [-0.25, -0.2) is 4.68 Å². The molecule has 3 aromatic carbocycles. The molecule has 10 heteroatoms. The highest BCUT2D eigenvalue weighted by molar-refractivity contribution is 6.06. The maximum absolute atomic E-state index is 13.8. The molecule has 3 heterocycles. The summed E-state index contributed by atoms with van der Waals surface area (Å²) in [5, 5.41) is 11.1. The summed E-state index contributed by atoms with van der Waals surface area (Å²) in [5.74, 6) is 2.58. The molecule has 1 aliphatic rings. The number of allylic oxidation sites excluding steroid dienone is 1. The van der Waals surface area contributed by atoms with E-state index in [0.29, 0.717) is 46.8 Å². The molecular weight excluding hydrogens is 544 g/mol. The largest absolute Gasteiger partial charge is 0.497 e. The predicted octanol–water partition coefficient (Wildman–Crippen LogP) is 5.86. The van der Waals surface area contributed by atoms with E-state index < -0.39 is 6.04 Å². The fourth-order valence-electron chi connectivity index (χ4n) is 4.96. The molecule has 2 aromatic heterocycles. The molecule has 0 fully saturated rings. The number of amides is 1. The van der Waals surface area contributed by atoms with E-state index >= 15 is 0 Å². The van der Waals surface area contributed by atoms with E-state index in [1.165, 1.54) is 0 Å². The highest BCUT2D eigenvalue weighted by Crippen LogP contribution is 2.40. The zero-order chi connectivity index (χ0) is 29.8. The first-order chi connectivity index (χ1) is 21.0. The summed E-state index contributed by atoms with van der Waals surface area (Å²) in [5.41, 5.74) is 4.33. The molecule has 1 amide bonds. The van der Waals surface area contributed by atoms with Gasteiger partial charge in [-0.3, -0.25) is 9.78 Å². The van der Waals surface area contributed by atoms with Gasteiger partial charge in [0.15, 0.2) is 17.3 Å². The summed E-state index contributed by atoms with van der Waals surface area (Å²) in [6, 6.07) is 26.0. The van der Waals surface area contributed by atoms with Gasteiger partial charge in [0, 0.05) is 17.5 Å². The molecule has 10 nitrogen and oxygen atoms in total. The third-order valence-corrected chi connectivity index (χ3v) is 7.11. The molecule has 216 valence electrons. The van der Waals surface area contributed by atoms with Gasteiger partial charge in [0.2, 0.25) is 5.95 Å². The van der Waals surface area contributed by atoms with E-state index in [2.05, 4.69) is 15.6 Å². The molecule has 0 bridgehead atoms. The topological polar surface area (TPSA) is 112 Å². The van der Waals surface area contributed by atoms with Gasteiger partial charge >= 0.3 is 0 Å². The first-order valence-corrected chi connectivity index (χ1v) is 13.7. The fourth-order valence-corrected chi connectivity index (χ4v) is 4.96. The maximum atomic E-state index is 13.8. The Balaban J connectivity index is 1.40. The Morgan fingerprint density at radius 1 is 0.953 bits per heavy atom. The van der Waals surface area contributed by atoms with Crippen molar-refractivity contribution in [3.05, 3.63) is 120 Å². The van der Waals surface area contributed by atoms with E-state index in [1.54, 1.807) is 43.4 Å². The lowest BCUT2D eigenvalue weighted by Crippen LogP contribution is -2.31. The minimum atomic E-state index is -0.621. The van der Waals surface area contributed by atoms with Crippen molar-refractivity contribution in [1.29, 1.82) is 0 Å². The highest BCUT2D eigenvalue weighted by Gasteiger charge is 2.35. The molecule has 0 spiro atoms. The van der Waals surface area contributed by atoms with E-state index in [-0.39, 0.29) is 5.91 Å². The molecule has 2 N–H and O–H groups in total. The summed E-state index contributed by atoms with van der Waals surface area (Å²) in [6.07, 6.45) is 3.25. The predicted molar refractivity (Wildman–Crippen MR) is 163 cm³/mol. The lowest BCUT2D eigenvalue weighted by atomic mass is 9.94. The number of benzene rings is 3. The van der Waals surface area contributed by atoms with Crippen molar-refractivity contribution in [2.24, 2.45) is 0 Å². The van der Waals surface area contributed by atoms with Crippen LogP contribution in [0.1, 0.15) is 24.1 Å². The van der Waals surface area contributed by atoms with Crippen molar-refractivity contribution in [3.8, 4) is 28.6 Å². The standard InChI is InChI=1S/C33H30N6O4/c1-21-29(32(40)36-25-10-7-17-34-19-25)30(39-33(35-21)37-31(38-39)23-11-14-26(41-2)15-12-23)24-13-16-27(28(18-24)42-3)43-20-22-8-5-4-6-9-22/h4-19,30H,20H2,1-3H3,(H,36,40)(H,35,37,38). The van der Waals surface area contributed by atoms with Crippen LogP contribution in [-0.4, -0.2) is 39.9 Å². The zero-order valence-electron chi connectivity index (χ0n) is 23.9. The Morgan fingerprint density at radius 3 is 2.49 bits per heavy atom. The van der Waals surface area contributed by atoms with Gasteiger partial charge in [-0.05, 0) is 66.6 Å². The van der Waals surface area contributed by atoms with Crippen molar-refractivity contribution in [1.82, 2.24) is 19.7 Å². The van der Waals surface area contributed by atoms with E-state index in [9.17, 15) is 4.79 Å². The molecule has 1 unspecified atom stereocenters. The zero-order valence-corrected chi connectivity index (χ0v) is 23.9. The summed E-state index contributed by atoms with van der Waals surface area (Å²) in [7, 11) is 3.21. The number of carbonyl (C=O) groups is 1. The Kier molecular flexibility index (Phi) is 7.73. The van der Waals surface area contributed by atoms with Crippen LogP contribution in [0.4, 0.5) is 11.6 Å². The van der Waals surface area contributed by atoms with Crippen molar-refractivity contribution in [3.63, 3.8) is 0 Å². The molecule has 0 aliphatic carbocycles. The highest BCUT2D eigenvalue weighted by atomic mass is 16.5. The molecule has 0 saturated carbocycles. The first-order valence-electron chi connectivity index (χ1n) is 13.7. The summed E-state index contributed by atoms with van der Waals surface area (Å²) < 4.78 is 18.9. The van der Waals surface area contributed by atoms with Gasteiger partial charge in [0.05, 0.1) is 31.7 Å². The Labute approximate surface area is 249 Å². The van der Waals surface area contributed by atoms with Gasteiger partial charge in [0.25, 0.3) is 5.91 Å². The number of hydrogen-bond acceptors (Lipinski definition) is 8. The summed E-state index contributed by atoms with van der Waals surface area (Å²) >= 11 is 0. The van der Waals surface area contributed by atoms with E-state index in [4.69, 9.17) is 24.3 Å². The van der Waals surface area contributed by atoms with Crippen LogP contribution in [0.5, 0.6) is 17.2 Å². The number of aromatic nitrogens is 4. The number of fused-ring (bicyclic) bond motifs is 1. The van der Waals surface area contributed by atoms with Gasteiger partial charge in [-0.1, -0.05) is 36.4 Å². The number of carbonyl (C=O) groups excluding carboxylic acids is 1. The lowest BCUT2D eigenvalue weighted by molar-refractivity contribution is -0.113. The molecule has 0 radical (unpaired) electrons. The smallest absolute Gasteiger partial charge is 0.255 e. The molecule has 0 saturated heterocycles. The van der Waals surface area contributed by atoms with Crippen LogP contribution in [0.25, 0.3) is 11.4 Å². The van der Waals surface area contributed by atoms with Crippen molar-refractivity contribution in [2.75, 3.05) is 24.9 Å². The molecule has 6 rings (SSSR count). The van der Waals surface area contributed by atoms with Gasteiger partial charge < -0.3 is 24.8 Å². The summed E-state index contributed by atoms with van der Waals surface area (Å²) in [4.78, 5) is 22.7. The Bertz CT molecular complexity index is 1770. The molecule has 43 heavy (non-hydrogen) atoms. The number of anilines is 2. The minimum Gasteiger partial charge on any atom is -0.497 e. The number of ether oxygens (including phenoxy) is 3. The second kappa shape index (κ2) is 12.1. The van der Waals surface area contributed by atoms with Crippen molar-refractivity contribution < 1.29 is 19.0 Å². The molecule has 1 aliphatic heterocycles. The maximum Gasteiger partial charge on any atom is 0.255 e. The van der Waals surface area contributed by atoms with Gasteiger partial charge in [-0.15, -0.1) is 5.10 Å². The lowest BCUT2D eigenvalue weighted by Gasteiger charge is -2.29. The average Bonchev–Trinajstić information content (AvgIpc) is 3.47. The normalized spacial score (nSPS) is 14.0. The number of rotatable bonds is 9. The quantitative estimate of drug-likeness (QED) is 0.225. The molecular formula is C33H30N6O4. The van der Waals surface area contributed by atoms with Gasteiger partial charge in [-0.2, -0.15) is 4.98 Å². The minimum absolute atomic E-state index is 0.293. The van der Waals surface area contributed by atoms with Crippen LogP contribution in [0.2, 0.25) is 0 Å². The third-order valence-electron chi connectivity index (χ3n) is 7.11. The van der Waals surface area contributed by atoms with Gasteiger partial charge in [0.1, 0.15) is 18.4 Å². The number of hydrogen-bond donors (Lipinski definition) is 2. The Morgan fingerprint density at radius 2 is 1.77 bits per heavy atom. The number of nitrogens with one attached hydrogen (secondary N) is 2. The van der Waals surface area contributed by atoms with Crippen LogP contribution in [0.15, 0.2) is 109 Å². The average molecular weight is 575 g/mol. The second-order valence-electron chi connectivity index (χ2n) is 9.88. The van der Waals surface area contributed by atoms with Crippen molar-refractivity contribution in [2.45, 2.75) is 19.6 Å².